The van der Waals surface area contributed by atoms with Crippen molar-refractivity contribution in [2.24, 2.45) is 21.8 Å². The molecule has 2 heterocycles. The number of nitrogens with one attached hydrogen (secondary N) is 2. The Labute approximate surface area is 242 Å². The molecule has 0 saturated carbocycles. The molecule has 0 bridgehead atoms. The van der Waals surface area contributed by atoms with Crippen molar-refractivity contribution < 1.29 is 15.7 Å². The zero-order valence-corrected chi connectivity index (χ0v) is 25.4. The Morgan fingerprint density at radius 2 is 2.00 bits per heavy atom. The molecule has 0 aromatic carbocycles. The van der Waals surface area contributed by atoms with E-state index in [4.69, 9.17) is 14.5 Å². The second-order valence-electron chi connectivity index (χ2n) is 9.80. The molecule has 1 aromatic heterocycles. The summed E-state index contributed by atoms with van der Waals surface area (Å²) in [5.41, 5.74) is 8.81. The Morgan fingerprint density at radius 1 is 1.23 bits per heavy atom. The molecule has 9 heteroatoms. The van der Waals surface area contributed by atoms with Crippen molar-refractivity contribution in [3.63, 3.8) is 0 Å². The van der Waals surface area contributed by atoms with Gasteiger partial charge < -0.3 is 19.8 Å². The van der Waals surface area contributed by atoms with Crippen LogP contribution in [0, 0.1) is 11.8 Å². The lowest BCUT2D eigenvalue weighted by Gasteiger charge is -2.30. The SMILES string of the molecule is CC.CCCN(CCC)CC1CN=C(OCCc2ccccn2)N=C1NNC(C)C1=CC(C(=O)OC)CCC=C1.[HH]. The van der Waals surface area contributed by atoms with Crippen molar-refractivity contribution >= 4 is 17.8 Å². The molecule has 0 fully saturated rings. The maximum Gasteiger partial charge on any atom is 0.313 e. The molecule has 224 valence electrons. The predicted molar refractivity (Wildman–Crippen MR) is 165 cm³/mol. The molecule has 0 spiro atoms. The summed E-state index contributed by atoms with van der Waals surface area (Å²) in [5.74, 6) is 0.507. The zero-order chi connectivity index (χ0) is 29.2. The Balaban J connectivity index is 0.00000274. The van der Waals surface area contributed by atoms with Crippen molar-refractivity contribution in [3.05, 3.63) is 53.9 Å². The predicted octanol–water partition coefficient (Wildman–Crippen LogP) is 4.97. The normalized spacial score (nSPS) is 19.3. The first-order chi connectivity index (χ1) is 19.5. The molecule has 1 aromatic rings. The number of pyridine rings is 1. The second-order valence-corrected chi connectivity index (χ2v) is 9.80. The second kappa shape index (κ2) is 19.1. The Morgan fingerprint density at radius 3 is 2.67 bits per heavy atom. The highest BCUT2D eigenvalue weighted by molar-refractivity contribution is 5.96. The topological polar surface area (TPSA) is 100 Å². The molecule has 3 atom stereocenters. The van der Waals surface area contributed by atoms with Crippen LogP contribution in [-0.2, 0) is 20.7 Å². The zero-order valence-electron chi connectivity index (χ0n) is 25.4. The van der Waals surface area contributed by atoms with E-state index < -0.39 is 0 Å². The largest absolute Gasteiger partial charge is 0.469 e. The van der Waals surface area contributed by atoms with Crippen LogP contribution in [0.4, 0.5) is 0 Å². The number of hydrazine groups is 1. The number of nitrogens with zero attached hydrogens (tertiary/aromatic N) is 4. The number of methoxy groups -OCH3 is 1. The molecular formula is C31H52N6O3. The van der Waals surface area contributed by atoms with Crippen LogP contribution >= 0.6 is 0 Å². The van der Waals surface area contributed by atoms with Crippen LogP contribution in [0.5, 0.6) is 0 Å². The first-order valence-electron chi connectivity index (χ1n) is 14.9. The lowest BCUT2D eigenvalue weighted by Crippen LogP contribution is -2.50. The van der Waals surface area contributed by atoms with Crippen LogP contribution in [0.2, 0.25) is 0 Å². The van der Waals surface area contributed by atoms with E-state index in [9.17, 15) is 4.79 Å². The molecule has 0 radical (unpaired) electrons. The molecule has 2 N–H and O–H groups in total. The highest BCUT2D eigenvalue weighted by atomic mass is 16.5. The minimum atomic E-state index is -0.239. The van der Waals surface area contributed by atoms with Crippen molar-refractivity contribution in [2.75, 3.05) is 39.9 Å². The third-order valence-electron chi connectivity index (χ3n) is 6.69. The average molecular weight is 557 g/mol. The first-order valence-corrected chi connectivity index (χ1v) is 14.9. The van der Waals surface area contributed by atoms with Crippen molar-refractivity contribution in [1.82, 2.24) is 20.7 Å². The van der Waals surface area contributed by atoms with Crippen LogP contribution < -0.4 is 10.9 Å². The minimum absolute atomic E-state index is 0. The number of rotatable bonds is 13. The van der Waals surface area contributed by atoms with Gasteiger partial charge in [-0.2, -0.15) is 4.99 Å². The Kier molecular flexibility index (Phi) is 15.8. The van der Waals surface area contributed by atoms with Gasteiger partial charge >= 0.3 is 12.0 Å². The van der Waals surface area contributed by atoms with Crippen molar-refractivity contribution in [1.29, 1.82) is 0 Å². The number of allylic oxidation sites excluding steroid dienone is 1. The maximum atomic E-state index is 12.2. The smallest absolute Gasteiger partial charge is 0.313 e. The van der Waals surface area contributed by atoms with Crippen LogP contribution in [0.15, 0.2) is 58.2 Å². The summed E-state index contributed by atoms with van der Waals surface area (Å²) in [5, 5.41) is 0. The number of carbonyl (C=O) groups excluding carboxylic acids is 1. The lowest BCUT2D eigenvalue weighted by atomic mass is 10.0. The van der Waals surface area contributed by atoms with Crippen molar-refractivity contribution in [3.8, 4) is 0 Å². The van der Waals surface area contributed by atoms with E-state index >= 15 is 0 Å². The van der Waals surface area contributed by atoms with Gasteiger partial charge in [-0.15, -0.1) is 0 Å². The number of aliphatic imine (C=N–C) groups is 2. The highest BCUT2D eigenvalue weighted by Gasteiger charge is 2.25. The third kappa shape index (κ3) is 11.2. The Bertz CT molecular complexity index is 993. The summed E-state index contributed by atoms with van der Waals surface area (Å²) in [6, 6.07) is 6.22. The van der Waals surface area contributed by atoms with Gasteiger partial charge in [0.25, 0.3) is 0 Å². The molecule has 3 unspecified atom stereocenters. The molecule has 2 aliphatic rings. The van der Waals surface area contributed by atoms with E-state index in [2.05, 4.69) is 58.7 Å². The molecule has 0 saturated heterocycles. The van der Waals surface area contributed by atoms with Gasteiger partial charge in [0.05, 0.1) is 32.1 Å². The molecule has 3 rings (SSSR count). The van der Waals surface area contributed by atoms with Gasteiger partial charge in [-0.25, -0.2) is 10.4 Å². The molecule has 40 heavy (non-hydrogen) atoms. The van der Waals surface area contributed by atoms with Gasteiger partial charge in [0.2, 0.25) is 0 Å². The van der Waals surface area contributed by atoms with Gasteiger partial charge in [0, 0.05) is 32.3 Å². The molecule has 1 aliphatic carbocycles. The fourth-order valence-electron chi connectivity index (χ4n) is 4.65. The van der Waals surface area contributed by atoms with Crippen LogP contribution in [0.25, 0.3) is 0 Å². The Hall–Kier alpha value is -3.04. The molecule has 1 aliphatic heterocycles. The van der Waals surface area contributed by atoms with Gasteiger partial charge in [-0.05, 0) is 63.4 Å². The lowest BCUT2D eigenvalue weighted by molar-refractivity contribution is -0.143. The van der Waals surface area contributed by atoms with Gasteiger partial charge in [0.15, 0.2) is 0 Å². The summed E-state index contributed by atoms with van der Waals surface area (Å²) in [6.07, 6.45) is 12.5. The van der Waals surface area contributed by atoms with Gasteiger partial charge in [-0.1, -0.05) is 52.0 Å². The first kappa shape index (κ1) is 33.2. The van der Waals surface area contributed by atoms with Crippen molar-refractivity contribution in [2.45, 2.75) is 72.8 Å². The highest BCUT2D eigenvalue weighted by Crippen LogP contribution is 2.20. The molecule has 9 nitrogen and oxygen atoms in total. The van der Waals surface area contributed by atoms with E-state index in [1.807, 2.05) is 38.1 Å². The van der Waals surface area contributed by atoms with E-state index in [0.29, 0.717) is 25.6 Å². The summed E-state index contributed by atoms with van der Waals surface area (Å²) >= 11 is 0. The maximum absolute atomic E-state index is 12.2. The fraction of sp³-hybridized carbons (Fsp3) is 0.613. The molecule has 0 amide bonds. The van der Waals surface area contributed by atoms with Gasteiger partial charge in [0.1, 0.15) is 5.84 Å². The minimum Gasteiger partial charge on any atom is -0.469 e. The van der Waals surface area contributed by atoms with Gasteiger partial charge in [-0.3, -0.25) is 9.78 Å². The standard InChI is InChI=1S/C29H44N6O3.C2H6.H2/c1-5-16-35(17-6-2)21-25-20-31-29(38-18-14-26-13-9-10-15-30-26)32-27(25)34-33-22(3)23-11-7-8-12-24(19-23)28(36)37-4;1-2;/h7,9-11,13,15,19,22,24-25,33H,5-6,8,12,14,16-18,20-21H2,1-4H3,(H,31,32,34);1-2H3;1H. The van der Waals surface area contributed by atoms with Crippen LogP contribution in [-0.4, -0.2) is 73.6 Å². The summed E-state index contributed by atoms with van der Waals surface area (Å²) in [6.45, 7) is 14.5. The third-order valence-corrected chi connectivity index (χ3v) is 6.69. The van der Waals surface area contributed by atoms with E-state index in [-0.39, 0.29) is 25.3 Å². The van der Waals surface area contributed by atoms with Crippen LogP contribution in [0.3, 0.4) is 0 Å². The number of hydrogen-bond acceptors (Lipinski definition) is 9. The summed E-state index contributed by atoms with van der Waals surface area (Å²) < 4.78 is 10.9. The number of hydrogen-bond donors (Lipinski definition) is 2. The number of ether oxygens (including phenoxy) is 2. The number of esters is 1. The van der Waals surface area contributed by atoms with E-state index in [0.717, 1.165) is 62.4 Å². The number of amidine groups is 2. The number of aromatic nitrogens is 1. The van der Waals surface area contributed by atoms with E-state index in [1.54, 1.807) is 6.20 Å². The fourth-order valence-corrected chi connectivity index (χ4v) is 4.65. The number of carbonyl (C=O) groups is 1. The van der Waals surface area contributed by atoms with Crippen LogP contribution in [0.1, 0.15) is 67.4 Å². The summed E-state index contributed by atoms with van der Waals surface area (Å²) in [7, 11) is 1.44. The monoisotopic (exact) mass is 556 g/mol. The average Bonchev–Trinajstić information content (AvgIpc) is 3.25. The molecular weight excluding hydrogens is 504 g/mol. The summed E-state index contributed by atoms with van der Waals surface area (Å²) in [4.78, 5) is 28.4. The quantitative estimate of drug-likeness (QED) is 0.261. The van der Waals surface area contributed by atoms with E-state index in [1.165, 1.54) is 7.11 Å².